The maximum atomic E-state index is 5.49. The van der Waals surface area contributed by atoms with E-state index in [0.717, 1.165) is 19.2 Å². The fraction of sp³-hybridized carbons (Fsp3) is 1.00. The van der Waals surface area contributed by atoms with Gasteiger partial charge in [0.2, 0.25) is 0 Å². The molecule has 2 aliphatic rings. The number of nitrogens with zero attached hydrogens (tertiary/aromatic N) is 2. The Labute approximate surface area is 105 Å². The van der Waals surface area contributed by atoms with E-state index in [1.54, 1.807) is 0 Å². The predicted molar refractivity (Wildman–Crippen MR) is 70.1 cm³/mol. The minimum Gasteiger partial charge on any atom is -0.379 e. The Bertz CT molecular complexity index is 225. The summed E-state index contributed by atoms with van der Waals surface area (Å²) < 4.78 is 5.49. The zero-order valence-corrected chi connectivity index (χ0v) is 11.1. The number of piperidine rings is 1. The summed E-state index contributed by atoms with van der Waals surface area (Å²) in [6.45, 7) is 9.33. The Hall–Kier alpha value is -0.160. The van der Waals surface area contributed by atoms with E-state index in [0.29, 0.717) is 19.2 Å². The zero-order chi connectivity index (χ0) is 12.1. The molecule has 4 nitrogen and oxygen atoms in total. The summed E-state index contributed by atoms with van der Waals surface area (Å²) in [6, 6.07) is 1.47. The van der Waals surface area contributed by atoms with Gasteiger partial charge in [-0.05, 0) is 26.3 Å². The van der Waals surface area contributed by atoms with E-state index >= 15 is 0 Å². The summed E-state index contributed by atoms with van der Waals surface area (Å²) in [5, 5.41) is 0. The Morgan fingerprint density at radius 3 is 2.94 bits per heavy atom. The molecule has 2 N–H and O–H groups in total. The number of hydrogen-bond donors (Lipinski definition) is 1. The van der Waals surface area contributed by atoms with Gasteiger partial charge in [0.05, 0.1) is 13.2 Å². The first-order valence-corrected chi connectivity index (χ1v) is 7.07. The van der Waals surface area contributed by atoms with Crippen LogP contribution in [0.15, 0.2) is 0 Å². The van der Waals surface area contributed by atoms with Crippen LogP contribution in [0.3, 0.4) is 0 Å². The van der Waals surface area contributed by atoms with Crippen LogP contribution in [-0.4, -0.2) is 67.8 Å². The van der Waals surface area contributed by atoms with Crippen LogP contribution >= 0.6 is 0 Å². The van der Waals surface area contributed by atoms with Crippen LogP contribution < -0.4 is 5.73 Å². The lowest BCUT2D eigenvalue weighted by Crippen LogP contribution is -2.59. The minimum atomic E-state index is 0.631. The van der Waals surface area contributed by atoms with Crippen molar-refractivity contribution in [3.05, 3.63) is 0 Å². The Morgan fingerprint density at radius 2 is 2.12 bits per heavy atom. The van der Waals surface area contributed by atoms with Gasteiger partial charge in [-0.25, -0.2) is 0 Å². The Morgan fingerprint density at radius 1 is 1.24 bits per heavy atom. The molecule has 0 saturated carbocycles. The molecule has 2 atom stereocenters. The van der Waals surface area contributed by atoms with Crippen LogP contribution in [0.5, 0.6) is 0 Å². The van der Waals surface area contributed by atoms with E-state index in [4.69, 9.17) is 10.5 Å². The lowest BCUT2D eigenvalue weighted by molar-refractivity contribution is 0.0000661. The highest BCUT2D eigenvalue weighted by atomic mass is 16.5. The van der Waals surface area contributed by atoms with Crippen molar-refractivity contribution in [2.75, 3.05) is 45.9 Å². The monoisotopic (exact) mass is 241 g/mol. The van der Waals surface area contributed by atoms with Crippen LogP contribution in [0.4, 0.5) is 0 Å². The van der Waals surface area contributed by atoms with Crippen molar-refractivity contribution >= 4 is 0 Å². The largest absolute Gasteiger partial charge is 0.379 e. The first kappa shape index (κ1) is 13.3. The lowest BCUT2D eigenvalue weighted by atomic mass is 9.97. The molecule has 2 aliphatic heterocycles. The maximum absolute atomic E-state index is 5.49. The summed E-state index contributed by atoms with van der Waals surface area (Å²) in [5.74, 6) is 0. The number of ether oxygens (including phenoxy) is 1. The molecule has 2 heterocycles. The van der Waals surface area contributed by atoms with Gasteiger partial charge in [0, 0.05) is 38.3 Å². The standard InChI is InChI=1S/C13H27N3O/c1-12-10-16-6-3-2-4-13(16)11-15(12)7-9-17-8-5-14/h12-13H,2-11,14H2,1H3. The van der Waals surface area contributed by atoms with Crippen LogP contribution in [0.2, 0.25) is 0 Å². The molecule has 0 radical (unpaired) electrons. The van der Waals surface area contributed by atoms with Gasteiger partial charge in [-0.3, -0.25) is 9.80 Å². The van der Waals surface area contributed by atoms with Crippen molar-refractivity contribution < 1.29 is 4.74 Å². The first-order valence-electron chi connectivity index (χ1n) is 7.07. The average molecular weight is 241 g/mol. The second-order valence-electron chi connectivity index (χ2n) is 5.39. The highest BCUT2D eigenvalue weighted by molar-refractivity contribution is 4.88. The molecular weight excluding hydrogens is 214 g/mol. The zero-order valence-electron chi connectivity index (χ0n) is 11.1. The molecule has 0 aliphatic carbocycles. The van der Waals surface area contributed by atoms with Crippen LogP contribution in [0.1, 0.15) is 26.2 Å². The summed E-state index contributed by atoms with van der Waals surface area (Å²) in [7, 11) is 0. The fourth-order valence-corrected chi connectivity index (χ4v) is 3.09. The SMILES string of the molecule is CC1CN2CCCCC2CN1CCOCCN. The molecule has 0 aromatic heterocycles. The van der Waals surface area contributed by atoms with Gasteiger partial charge in [0.25, 0.3) is 0 Å². The summed E-state index contributed by atoms with van der Waals surface area (Å²) in [6.07, 6.45) is 4.18. The number of fused-ring (bicyclic) bond motifs is 1. The Kier molecular flexibility index (Phi) is 5.22. The van der Waals surface area contributed by atoms with Gasteiger partial charge in [-0.1, -0.05) is 6.42 Å². The van der Waals surface area contributed by atoms with Gasteiger partial charge in [-0.2, -0.15) is 0 Å². The predicted octanol–water partition coefficient (Wildman–Crippen LogP) is 0.520. The van der Waals surface area contributed by atoms with Gasteiger partial charge in [0.15, 0.2) is 0 Å². The molecule has 2 rings (SSSR count). The molecule has 0 bridgehead atoms. The second kappa shape index (κ2) is 6.69. The molecule has 17 heavy (non-hydrogen) atoms. The van der Waals surface area contributed by atoms with Crippen molar-refractivity contribution in [2.45, 2.75) is 38.3 Å². The van der Waals surface area contributed by atoms with E-state index in [9.17, 15) is 0 Å². The third kappa shape index (κ3) is 3.65. The summed E-state index contributed by atoms with van der Waals surface area (Å²) >= 11 is 0. The second-order valence-corrected chi connectivity index (χ2v) is 5.39. The molecule has 100 valence electrons. The van der Waals surface area contributed by atoms with E-state index in [2.05, 4.69) is 16.7 Å². The van der Waals surface area contributed by atoms with Crippen LogP contribution in [0.25, 0.3) is 0 Å². The number of piperazine rings is 1. The van der Waals surface area contributed by atoms with Crippen molar-refractivity contribution in [1.82, 2.24) is 9.80 Å². The number of hydrogen-bond acceptors (Lipinski definition) is 4. The van der Waals surface area contributed by atoms with E-state index in [1.165, 1.54) is 38.9 Å². The summed E-state index contributed by atoms with van der Waals surface area (Å²) in [4.78, 5) is 5.27. The minimum absolute atomic E-state index is 0.631. The van der Waals surface area contributed by atoms with Gasteiger partial charge in [-0.15, -0.1) is 0 Å². The van der Waals surface area contributed by atoms with Crippen molar-refractivity contribution in [2.24, 2.45) is 5.73 Å². The molecule has 2 saturated heterocycles. The molecule has 0 spiro atoms. The maximum Gasteiger partial charge on any atom is 0.0594 e. The highest BCUT2D eigenvalue weighted by Gasteiger charge is 2.32. The first-order chi connectivity index (χ1) is 8.31. The van der Waals surface area contributed by atoms with Crippen LogP contribution in [0, 0.1) is 0 Å². The molecule has 4 heteroatoms. The van der Waals surface area contributed by atoms with Gasteiger partial charge >= 0.3 is 0 Å². The van der Waals surface area contributed by atoms with Crippen molar-refractivity contribution in [3.8, 4) is 0 Å². The summed E-state index contributed by atoms with van der Waals surface area (Å²) in [5.41, 5.74) is 5.42. The lowest BCUT2D eigenvalue weighted by Gasteiger charge is -2.47. The molecule has 2 fully saturated rings. The van der Waals surface area contributed by atoms with Crippen LogP contribution in [-0.2, 0) is 4.74 Å². The van der Waals surface area contributed by atoms with Crippen molar-refractivity contribution in [3.63, 3.8) is 0 Å². The molecule has 2 unspecified atom stereocenters. The molecule has 0 aromatic rings. The Balaban J connectivity index is 1.74. The van der Waals surface area contributed by atoms with E-state index in [-0.39, 0.29) is 0 Å². The average Bonchev–Trinajstić information content (AvgIpc) is 2.35. The quantitative estimate of drug-likeness (QED) is 0.713. The third-order valence-electron chi connectivity index (χ3n) is 4.10. The number of nitrogens with two attached hydrogens (primary N) is 1. The molecular formula is C13H27N3O. The number of rotatable bonds is 5. The molecule has 0 aromatic carbocycles. The van der Waals surface area contributed by atoms with Crippen molar-refractivity contribution in [1.29, 1.82) is 0 Å². The van der Waals surface area contributed by atoms with E-state index < -0.39 is 0 Å². The third-order valence-corrected chi connectivity index (χ3v) is 4.10. The topological polar surface area (TPSA) is 41.7 Å². The van der Waals surface area contributed by atoms with Gasteiger partial charge < -0.3 is 10.5 Å². The normalized spacial score (nSPS) is 31.4. The smallest absolute Gasteiger partial charge is 0.0594 e. The van der Waals surface area contributed by atoms with Gasteiger partial charge in [0.1, 0.15) is 0 Å². The highest BCUT2D eigenvalue weighted by Crippen LogP contribution is 2.23. The fourth-order valence-electron chi connectivity index (χ4n) is 3.09. The van der Waals surface area contributed by atoms with E-state index in [1.807, 2.05) is 0 Å². The molecule has 0 amide bonds.